The highest BCUT2D eigenvalue weighted by Gasteiger charge is 2.22. The van der Waals surface area contributed by atoms with Crippen LogP contribution in [0, 0.1) is 0 Å². The molecule has 0 saturated heterocycles. The van der Waals surface area contributed by atoms with E-state index < -0.39 is 18.0 Å². The number of nitrogens with two attached hydrogens (primary N) is 1. The van der Waals surface area contributed by atoms with E-state index >= 15 is 0 Å². The van der Waals surface area contributed by atoms with Crippen LogP contribution in [0.1, 0.15) is 44.9 Å². The van der Waals surface area contributed by atoms with Gasteiger partial charge >= 0.3 is 11.9 Å². The Morgan fingerprint density at radius 3 is 2.40 bits per heavy atom. The first-order chi connectivity index (χ1) is 12.0. The van der Waals surface area contributed by atoms with Gasteiger partial charge in [0.15, 0.2) is 0 Å². The zero-order chi connectivity index (χ0) is 18.7. The van der Waals surface area contributed by atoms with E-state index in [0.29, 0.717) is 51.6 Å². The van der Waals surface area contributed by atoms with Gasteiger partial charge in [-0.25, -0.2) is 0 Å². The summed E-state index contributed by atoms with van der Waals surface area (Å²) >= 11 is 0. The summed E-state index contributed by atoms with van der Waals surface area (Å²) in [6.45, 7) is 0.803. The maximum Gasteiger partial charge on any atom is 0.324 e. The summed E-state index contributed by atoms with van der Waals surface area (Å²) in [5, 5.41) is 9.03. The zero-order valence-corrected chi connectivity index (χ0v) is 14.1. The average molecular weight is 355 g/mol. The van der Waals surface area contributed by atoms with Gasteiger partial charge in [0.25, 0.3) is 11.8 Å². The molecule has 2 amide bonds. The lowest BCUT2D eigenvalue weighted by molar-refractivity contribution is -0.158. The summed E-state index contributed by atoms with van der Waals surface area (Å²) in [5.41, 5.74) is 7.63. The number of carboxylic acid groups (broad SMARTS) is 1. The molecule has 0 radical (unpaired) electrons. The monoisotopic (exact) mass is 355 g/mol. The molecule has 1 atom stereocenters. The fourth-order valence-corrected chi connectivity index (χ4v) is 2.28. The van der Waals surface area contributed by atoms with Crippen LogP contribution >= 0.6 is 0 Å². The number of hydrogen-bond donors (Lipinski definition) is 3. The molecule has 0 aromatic heterocycles. The minimum absolute atomic E-state index is 0.127. The number of carbonyl (C=O) groups excluding carboxylic acids is 3. The third kappa shape index (κ3) is 7.90. The molecule has 0 unspecified atom stereocenters. The lowest BCUT2D eigenvalue weighted by Crippen LogP contribution is -2.38. The second-order valence-electron chi connectivity index (χ2n) is 5.74. The topological polar surface area (TPSA) is 139 Å². The Hall–Kier alpha value is -2.26. The molecular weight excluding hydrogens is 330 g/mol. The summed E-state index contributed by atoms with van der Waals surface area (Å²) < 4.78 is 0. The zero-order valence-electron chi connectivity index (χ0n) is 14.1. The van der Waals surface area contributed by atoms with Crippen molar-refractivity contribution in [2.45, 2.75) is 51.0 Å². The van der Waals surface area contributed by atoms with Crippen molar-refractivity contribution in [1.29, 1.82) is 0 Å². The molecule has 1 aliphatic heterocycles. The van der Waals surface area contributed by atoms with E-state index in [0.717, 1.165) is 4.90 Å². The molecule has 9 heteroatoms. The average Bonchev–Trinajstić information content (AvgIpc) is 2.89. The van der Waals surface area contributed by atoms with Crippen molar-refractivity contribution >= 4 is 23.8 Å². The second kappa shape index (κ2) is 11.3. The Morgan fingerprint density at radius 1 is 1.12 bits per heavy atom. The van der Waals surface area contributed by atoms with Crippen LogP contribution in [0.3, 0.4) is 0 Å². The number of nitrogens with one attached hydrogen (secondary N) is 1. The number of rotatable bonds is 13. The summed E-state index contributed by atoms with van der Waals surface area (Å²) in [6.07, 6.45) is 6.01. The molecule has 1 rings (SSSR count). The Kier molecular flexibility index (Phi) is 9.41. The molecule has 140 valence electrons. The lowest BCUT2D eigenvalue weighted by Gasteiger charge is -2.14. The minimum Gasteiger partial charge on any atom is -0.480 e. The number of imide groups is 1. The van der Waals surface area contributed by atoms with Crippen LogP contribution in [0.2, 0.25) is 0 Å². The number of hydroxylamine groups is 1. The molecule has 0 saturated carbocycles. The molecule has 0 fully saturated rings. The van der Waals surface area contributed by atoms with Crippen LogP contribution < -0.4 is 11.2 Å². The molecule has 0 aromatic carbocycles. The molecule has 1 heterocycles. The highest BCUT2D eigenvalue weighted by atomic mass is 16.7. The van der Waals surface area contributed by atoms with Gasteiger partial charge in [-0.3, -0.25) is 24.1 Å². The number of nitrogens with zero attached hydrogens (tertiary/aromatic N) is 1. The van der Waals surface area contributed by atoms with Crippen molar-refractivity contribution in [3.8, 4) is 0 Å². The molecule has 0 aliphatic carbocycles. The van der Waals surface area contributed by atoms with Gasteiger partial charge in [-0.2, -0.15) is 0 Å². The summed E-state index contributed by atoms with van der Waals surface area (Å²) in [4.78, 5) is 51.2. The van der Waals surface area contributed by atoms with Gasteiger partial charge in [0.1, 0.15) is 6.04 Å². The molecule has 4 N–H and O–H groups in total. The van der Waals surface area contributed by atoms with Gasteiger partial charge < -0.3 is 15.7 Å². The van der Waals surface area contributed by atoms with Gasteiger partial charge in [-0.15, -0.1) is 5.48 Å². The van der Waals surface area contributed by atoms with Crippen LogP contribution in [0.4, 0.5) is 0 Å². The highest BCUT2D eigenvalue weighted by molar-refractivity contribution is 6.12. The number of amides is 2. The van der Waals surface area contributed by atoms with Crippen LogP contribution in [0.15, 0.2) is 12.2 Å². The van der Waals surface area contributed by atoms with Crippen LogP contribution in [-0.4, -0.2) is 52.9 Å². The summed E-state index contributed by atoms with van der Waals surface area (Å²) in [5.74, 6) is -2.26. The quantitative estimate of drug-likeness (QED) is 0.240. The normalized spacial score (nSPS) is 14.8. The van der Waals surface area contributed by atoms with E-state index in [2.05, 4.69) is 5.48 Å². The molecule has 0 spiro atoms. The number of hydrogen-bond acceptors (Lipinski definition) is 7. The first-order valence-corrected chi connectivity index (χ1v) is 8.37. The second-order valence-corrected chi connectivity index (χ2v) is 5.74. The minimum atomic E-state index is -1.08. The number of aliphatic carboxylic acids is 1. The van der Waals surface area contributed by atoms with Crippen molar-refractivity contribution in [2.24, 2.45) is 5.73 Å². The van der Waals surface area contributed by atoms with E-state index in [1.165, 1.54) is 12.2 Å². The fourth-order valence-electron chi connectivity index (χ4n) is 2.28. The molecule has 1 aliphatic rings. The molecule has 25 heavy (non-hydrogen) atoms. The summed E-state index contributed by atoms with van der Waals surface area (Å²) in [6, 6.07) is -0.949. The van der Waals surface area contributed by atoms with Crippen molar-refractivity contribution in [3.05, 3.63) is 12.2 Å². The van der Waals surface area contributed by atoms with Gasteiger partial charge in [0.2, 0.25) is 0 Å². The largest absolute Gasteiger partial charge is 0.480 e. The molecule has 0 bridgehead atoms. The Morgan fingerprint density at radius 2 is 1.80 bits per heavy atom. The van der Waals surface area contributed by atoms with Gasteiger partial charge in [0, 0.05) is 25.1 Å². The van der Waals surface area contributed by atoms with Gasteiger partial charge in [-0.1, -0.05) is 6.42 Å². The number of carbonyl (C=O) groups is 4. The first-order valence-electron chi connectivity index (χ1n) is 8.37. The standard InChI is InChI=1S/C16H25N3O6/c17-10-4-3-6-12(16(23)24)18-25-15(22)7-2-1-5-11-19-13(20)8-9-14(19)21/h8-9,12,18H,1-7,10-11,17H2,(H,23,24)/t12-/m0/s1. The van der Waals surface area contributed by atoms with Crippen LogP contribution in [0.5, 0.6) is 0 Å². The fraction of sp³-hybridized carbons (Fsp3) is 0.625. The smallest absolute Gasteiger partial charge is 0.324 e. The summed E-state index contributed by atoms with van der Waals surface area (Å²) in [7, 11) is 0. The van der Waals surface area contributed by atoms with E-state index in [9.17, 15) is 19.2 Å². The number of carboxylic acids is 1. The van der Waals surface area contributed by atoms with Crippen molar-refractivity contribution in [3.63, 3.8) is 0 Å². The van der Waals surface area contributed by atoms with E-state index in [1.54, 1.807) is 0 Å². The SMILES string of the molecule is NCCCC[C@H](NOC(=O)CCCCCN1C(=O)C=CC1=O)C(=O)O. The molecule has 0 aromatic rings. The predicted octanol–water partition coefficient (Wildman–Crippen LogP) is 0.102. The predicted molar refractivity (Wildman–Crippen MR) is 87.9 cm³/mol. The van der Waals surface area contributed by atoms with Crippen LogP contribution in [-0.2, 0) is 24.0 Å². The van der Waals surface area contributed by atoms with E-state index in [-0.39, 0.29) is 18.2 Å². The third-order valence-electron chi connectivity index (χ3n) is 3.72. The first kappa shape index (κ1) is 20.8. The molecule has 9 nitrogen and oxygen atoms in total. The Balaban J connectivity index is 2.12. The molecular formula is C16H25N3O6. The van der Waals surface area contributed by atoms with Crippen molar-refractivity contribution in [2.75, 3.05) is 13.1 Å². The third-order valence-corrected chi connectivity index (χ3v) is 3.72. The van der Waals surface area contributed by atoms with Crippen molar-refractivity contribution < 1.29 is 29.1 Å². The van der Waals surface area contributed by atoms with E-state index in [4.69, 9.17) is 15.7 Å². The Labute approximate surface area is 146 Å². The lowest BCUT2D eigenvalue weighted by atomic mass is 10.1. The van der Waals surface area contributed by atoms with Gasteiger partial charge in [-0.05, 0) is 38.6 Å². The number of unbranched alkanes of at least 4 members (excludes halogenated alkanes) is 3. The maximum atomic E-state index is 11.6. The van der Waals surface area contributed by atoms with Crippen molar-refractivity contribution in [1.82, 2.24) is 10.4 Å². The van der Waals surface area contributed by atoms with Crippen LogP contribution in [0.25, 0.3) is 0 Å². The van der Waals surface area contributed by atoms with Gasteiger partial charge in [0.05, 0.1) is 0 Å². The Bertz CT molecular complexity index is 502. The van der Waals surface area contributed by atoms with E-state index in [1.807, 2.05) is 0 Å². The highest BCUT2D eigenvalue weighted by Crippen LogP contribution is 2.08. The maximum absolute atomic E-state index is 11.6.